The number of carbonyl (C=O) groups is 1. The van der Waals surface area contributed by atoms with Crippen LogP contribution in [0.4, 0.5) is 0 Å². The minimum Gasteiger partial charge on any atom is -0.458 e. The van der Waals surface area contributed by atoms with Gasteiger partial charge in [0.25, 0.3) is 0 Å². The van der Waals surface area contributed by atoms with E-state index in [4.69, 9.17) is 9.47 Å². The molecule has 0 atom stereocenters. The lowest BCUT2D eigenvalue weighted by Gasteiger charge is -2.41. The molecule has 20 heavy (non-hydrogen) atoms. The molecule has 1 aliphatic rings. The lowest BCUT2D eigenvalue weighted by molar-refractivity contribution is -0.172. The fourth-order valence-corrected chi connectivity index (χ4v) is 2.57. The number of nitrogens with zero attached hydrogens (tertiary/aromatic N) is 2. The Bertz CT molecular complexity index is 503. The van der Waals surface area contributed by atoms with Crippen molar-refractivity contribution in [3.63, 3.8) is 0 Å². The number of halogens is 1. The first-order valence-electron chi connectivity index (χ1n) is 6.48. The van der Waals surface area contributed by atoms with E-state index in [-0.39, 0.29) is 12.6 Å². The summed E-state index contributed by atoms with van der Waals surface area (Å²) in [4.78, 5) is 16.2. The van der Waals surface area contributed by atoms with Gasteiger partial charge >= 0.3 is 5.97 Å². The van der Waals surface area contributed by atoms with Crippen LogP contribution < -0.4 is 5.32 Å². The summed E-state index contributed by atoms with van der Waals surface area (Å²) in [5, 5.41) is 3.16. The van der Waals surface area contributed by atoms with E-state index in [1.165, 1.54) is 0 Å². The van der Waals surface area contributed by atoms with Gasteiger partial charge in [-0.1, -0.05) is 0 Å². The Hall–Kier alpha value is -0.920. The number of aryl methyl sites for hydroxylation is 1. The highest BCUT2D eigenvalue weighted by atomic mass is 79.9. The maximum absolute atomic E-state index is 11.8. The lowest BCUT2D eigenvalue weighted by Crippen LogP contribution is -2.60. The van der Waals surface area contributed by atoms with Crippen molar-refractivity contribution in [1.29, 1.82) is 0 Å². The summed E-state index contributed by atoms with van der Waals surface area (Å²) in [6, 6.07) is 0. The smallest absolute Gasteiger partial charge is 0.332 e. The maximum atomic E-state index is 11.8. The van der Waals surface area contributed by atoms with Crippen LogP contribution in [0.2, 0.25) is 0 Å². The van der Waals surface area contributed by atoms with Crippen LogP contribution in [0, 0.1) is 0 Å². The summed E-state index contributed by atoms with van der Waals surface area (Å²) in [5.41, 5.74) is -1.06. The van der Waals surface area contributed by atoms with E-state index in [2.05, 4.69) is 26.2 Å². The van der Waals surface area contributed by atoms with Crippen LogP contribution in [0.15, 0.2) is 10.8 Å². The zero-order chi connectivity index (χ0) is 15.0. The molecule has 0 aliphatic carbocycles. The van der Waals surface area contributed by atoms with Crippen molar-refractivity contribution in [3.05, 3.63) is 16.6 Å². The van der Waals surface area contributed by atoms with E-state index in [1.807, 2.05) is 38.6 Å². The van der Waals surface area contributed by atoms with Crippen molar-refractivity contribution in [3.8, 4) is 0 Å². The second kappa shape index (κ2) is 5.46. The number of ether oxygens (including phenoxy) is 2. The lowest BCUT2D eigenvalue weighted by atomic mass is 9.95. The minimum absolute atomic E-state index is 0.0799. The first-order valence-corrected chi connectivity index (χ1v) is 7.27. The first kappa shape index (κ1) is 15.5. The average molecular weight is 346 g/mol. The second-order valence-electron chi connectivity index (χ2n) is 5.97. The molecule has 0 radical (unpaired) electrons. The van der Waals surface area contributed by atoms with Gasteiger partial charge in [0.05, 0.1) is 0 Å². The van der Waals surface area contributed by atoms with Gasteiger partial charge in [0.15, 0.2) is 5.60 Å². The molecule has 1 saturated heterocycles. The van der Waals surface area contributed by atoms with Gasteiger partial charge in [-0.3, -0.25) is 0 Å². The second-order valence-corrected chi connectivity index (χ2v) is 6.78. The van der Waals surface area contributed by atoms with Gasteiger partial charge in [-0.25, -0.2) is 9.78 Å². The molecular formula is C13H20BrN3O3. The zero-order valence-corrected chi connectivity index (χ0v) is 13.8. The minimum atomic E-state index is -0.558. The Labute approximate surface area is 127 Å². The molecular weight excluding hydrogens is 326 g/mol. The molecule has 1 aromatic heterocycles. The highest BCUT2D eigenvalue weighted by Crippen LogP contribution is 2.30. The molecule has 0 aromatic carbocycles. The van der Waals surface area contributed by atoms with Crippen LogP contribution in [0.1, 0.15) is 26.6 Å². The number of hydrogen-bond donors (Lipinski definition) is 1. The Balaban J connectivity index is 2.02. The summed E-state index contributed by atoms with van der Waals surface area (Å²) in [6.45, 7) is 6.69. The molecule has 2 rings (SSSR count). The van der Waals surface area contributed by atoms with E-state index in [0.29, 0.717) is 13.1 Å². The summed E-state index contributed by atoms with van der Waals surface area (Å²) in [5.74, 6) is 0.434. The van der Waals surface area contributed by atoms with Crippen molar-refractivity contribution in [1.82, 2.24) is 14.9 Å². The topological polar surface area (TPSA) is 65.4 Å². The van der Waals surface area contributed by atoms with Gasteiger partial charge in [0, 0.05) is 26.3 Å². The van der Waals surface area contributed by atoms with E-state index in [1.54, 1.807) is 0 Å². The normalized spacial score (nSPS) is 17.6. The predicted octanol–water partition coefficient (Wildman–Crippen LogP) is 1.34. The molecule has 0 amide bonds. The third-order valence-electron chi connectivity index (χ3n) is 2.96. The third kappa shape index (κ3) is 3.39. The van der Waals surface area contributed by atoms with Crippen molar-refractivity contribution >= 4 is 21.9 Å². The van der Waals surface area contributed by atoms with Crippen LogP contribution in [-0.2, 0) is 26.9 Å². The molecule has 2 heterocycles. The molecule has 0 bridgehead atoms. The number of carbonyl (C=O) groups excluding carboxylic acids is 1. The molecule has 0 saturated carbocycles. The molecule has 6 nitrogen and oxygen atoms in total. The van der Waals surface area contributed by atoms with Crippen LogP contribution in [0.5, 0.6) is 0 Å². The molecule has 1 fully saturated rings. The molecule has 7 heteroatoms. The van der Waals surface area contributed by atoms with E-state index >= 15 is 0 Å². The standard InChI is InChI=1S/C13H20BrN3O3/c1-12(2,3)20-10(18)6-19-13(7-15-8-13)11-16-9(14)5-17(11)4/h5,15H,6-8H2,1-4H3. The van der Waals surface area contributed by atoms with Gasteiger partial charge in [-0.2, -0.15) is 0 Å². The highest BCUT2D eigenvalue weighted by molar-refractivity contribution is 9.10. The number of rotatable bonds is 4. The number of nitrogens with one attached hydrogen (secondary N) is 1. The molecule has 0 spiro atoms. The van der Waals surface area contributed by atoms with Gasteiger partial charge in [-0.05, 0) is 36.7 Å². The third-order valence-corrected chi connectivity index (χ3v) is 3.34. The fraction of sp³-hybridized carbons (Fsp3) is 0.692. The van der Waals surface area contributed by atoms with Crippen molar-refractivity contribution in [2.45, 2.75) is 32.0 Å². The summed E-state index contributed by atoms with van der Waals surface area (Å²) in [6.07, 6.45) is 1.87. The Morgan fingerprint density at radius 1 is 1.55 bits per heavy atom. The largest absolute Gasteiger partial charge is 0.458 e. The van der Waals surface area contributed by atoms with Crippen molar-refractivity contribution in [2.75, 3.05) is 19.7 Å². The monoisotopic (exact) mass is 345 g/mol. The number of hydrogen-bond acceptors (Lipinski definition) is 5. The maximum Gasteiger partial charge on any atom is 0.332 e. The SMILES string of the molecule is Cn1cc(Br)nc1C1(OCC(=O)OC(C)(C)C)CNC1. The average Bonchev–Trinajstić information content (AvgIpc) is 2.54. The Morgan fingerprint density at radius 3 is 2.60 bits per heavy atom. The molecule has 0 unspecified atom stereocenters. The van der Waals surface area contributed by atoms with Gasteiger partial charge in [0.2, 0.25) is 0 Å². The van der Waals surface area contributed by atoms with Gasteiger partial charge in [0.1, 0.15) is 22.6 Å². The number of aromatic nitrogens is 2. The summed E-state index contributed by atoms with van der Waals surface area (Å²) in [7, 11) is 1.91. The van der Waals surface area contributed by atoms with E-state index < -0.39 is 11.2 Å². The number of esters is 1. The van der Waals surface area contributed by atoms with Gasteiger partial charge < -0.3 is 19.4 Å². The van der Waals surface area contributed by atoms with Crippen molar-refractivity contribution < 1.29 is 14.3 Å². The predicted molar refractivity (Wildman–Crippen MR) is 77.3 cm³/mol. The first-order chi connectivity index (χ1) is 9.22. The molecule has 1 aliphatic heterocycles. The van der Waals surface area contributed by atoms with E-state index in [0.717, 1.165) is 10.4 Å². The van der Waals surface area contributed by atoms with Crippen LogP contribution in [0.3, 0.4) is 0 Å². The van der Waals surface area contributed by atoms with Crippen LogP contribution >= 0.6 is 15.9 Å². The Morgan fingerprint density at radius 2 is 2.20 bits per heavy atom. The quantitative estimate of drug-likeness (QED) is 0.834. The van der Waals surface area contributed by atoms with Crippen LogP contribution in [0.25, 0.3) is 0 Å². The number of imidazole rings is 1. The Kier molecular flexibility index (Phi) is 4.22. The summed E-state index contributed by atoms with van der Waals surface area (Å²) < 4.78 is 13.7. The summed E-state index contributed by atoms with van der Waals surface area (Å²) >= 11 is 3.35. The fourth-order valence-electron chi connectivity index (χ4n) is 2.10. The van der Waals surface area contributed by atoms with Gasteiger partial charge in [-0.15, -0.1) is 0 Å². The van der Waals surface area contributed by atoms with Crippen molar-refractivity contribution in [2.24, 2.45) is 7.05 Å². The molecule has 1 N–H and O–H groups in total. The van der Waals surface area contributed by atoms with Crippen LogP contribution in [-0.4, -0.2) is 40.8 Å². The van der Waals surface area contributed by atoms with E-state index in [9.17, 15) is 4.79 Å². The zero-order valence-electron chi connectivity index (χ0n) is 12.2. The molecule has 112 valence electrons. The molecule has 1 aromatic rings. The highest BCUT2D eigenvalue weighted by Gasteiger charge is 2.44.